The summed E-state index contributed by atoms with van der Waals surface area (Å²) in [6.45, 7) is 44.0. The smallest absolute Gasteiger partial charge is 0.126 e. The Morgan fingerprint density at radius 3 is 0.610 bits per heavy atom. The lowest BCUT2D eigenvalue weighted by molar-refractivity contribution is 0.294. The molecule has 0 saturated carbocycles. The molecule has 2 aliphatic heterocycles. The second-order valence-electron chi connectivity index (χ2n) is 37.1. The van der Waals surface area contributed by atoms with Gasteiger partial charge in [-0.3, -0.25) is 0 Å². The first-order valence-electron chi connectivity index (χ1n) is 38.8. The molecule has 11 aromatic carbocycles. The van der Waals surface area contributed by atoms with E-state index in [4.69, 9.17) is 9.47 Å². The molecule has 0 unspecified atom stereocenters. The summed E-state index contributed by atoms with van der Waals surface area (Å²) in [4.78, 5) is 0. The Morgan fingerprint density at radius 2 is 0.419 bits per heavy atom. The van der Waals surface area contributed by atoms with Gasteiger partial charge >= 0.3 is 0 Å². The van der Waals surface area contributed by atoms with Gasteiger partial charge in [0.1, 0.15) is 24.7 Å². The number of halogens is 1. The van der Waals surface area contributed by atoms with Gasteiger partial charge in [-0.25, -0.2) is 0 Å². The van der Waals surface area contributed by atoms with Crippen LogP contribution in [0.3, 0.4) is 0 Å². The van der Waals surface area contributed by atoms with Crippen LogP contribution in [0.15, 0.2) is 217 Å². The molecular formula is C102H113BrO2. The van der Waals surface area contributed by atoms with Gasteiger partial charge in [0.2, 0.25) is 0 Å². The third kappa shape index (κ3) is 17.6. The van der Waals surface area contributed by atoms with E-state index in [-0.39, 0.29) is 32.5 Å². The minimum Gasteiger partial charge on any atom is -0.488 e. The van der Waals surface area contributed by atoms with E-state index in [0.29, 0.717) is 38.9 Å². The fourth-order valence-electron chi connectivity index (χ4n) is 16.0. The zero-order valence-electron chi connectivity index (χ0n) is 66.4. The molecule has 13 rings (SSSR count). The first kappa shape index (κ1) is 74.8. The summed E-state index contributed by atoms with van der Waals surface area (Å²) in [5, 5.41) is 0. The fraction of sp³-hybridized carbons (Fsp3) is 0.353. The minimum atomic E-state index is -0.198. The van der Waals surface area contributed by atoms with E-state index in [2.05, 4.69) is 353 Å². The number of benzene rings is 11. The van der Waals surface area contributed by atoms with Gasteiger partial charge in [0.05, 0.1) is 0 Å². The zero-order chi connectivity index (χ0) is 74.5. The first-order chi connectivity index (χ1) is 49.6. The Morgan fingerprint density at radius 1 is 0.238 bits per heavy atom. The van der Waals surface area contributed by atoms with Crippen molar-refractivity contribution in [2.45, 2.75) is 235 Å². The number of fused-ring (bicyclic) bond motifs is 10. The molecule has 0 spiro atoms. The Balaban J connectivity index is 1.23. The third-order valence-corrected chi connectivity index (χ3v) is 22.8. The van der Waals surface area contributed by atoms with Gasteiger partial charge in [0.15, 0.2) is 0 Å². The van der Waals surface area contributed by atoms with Crippen molar-refractivity contribution in [2.24, 2.45) is 0 Å². The molecule has 2 nitrogen and oxygen atoms in total. The van der Waals surface area contributed by atoms with Gasteiger partial charge in [0, 0.05) is 30.2 Å². The molecule has 0 aliphatic carbocycles. The zero-order valence-corrected chi connectivity index (χ0v) is 68.0. The van der Waals surface area contributed by atoms with Crippen LogP contribution in [0.2, 0.25) is 0 Å². The summed E-state index contributed by atoms with van der Waals surface area (Å²) in [5.74, 6) is 1.94. The molecule has 105 heavy (non-hydrogen) atoms. The third-order valence-electron chi connectivity index (χ3n) is 22.4. The molecule has 3 heteroatoms. The monoisotopic (exact) mass is 1450 g/mol. The Labute approximate surface area is 639 Å². The van der Waals surface area contributed by atoms with Crippen molar-refractivity contribution < 1.29 is 9.47 Å². The largest absolute Gasteiger partial charge is 0.488 e. The van der Waals surface area contributed by atoms with E-state index in [0.717, 1.165) is 65.6 Å². The van der Waals surface area contributed by atoms with E-state index in [1.165, 1.54) is 145 Å². The molecule has 12 bridgehead atoms. The van der Waals surface area contributed by atoms with Crippen molar-refractivity contribution in [1.82, 2.24) is 0 Å². The minimum absolute atomic E-state index is 0.166. The lowest BCUT2D eigenvalue weighted by Crippen LogP contribution is -2.18. The molecule has 2 aliphatic rings. The molecule has 11 aromatic rings. The van der Waals surface area contributed by atoms with Crippen molar-refractivity contribution >= 4 is 15.9 Å². The summed E-state index contributed by atoms with van der Waals surface area (Å²) in [6.07, 6.45) is 7.43. The second-order valence-corrected chi connectivity index (χ2v) is 38.0. The van der Waals surface area contributed by atoms with E-state index in [1.54, 1.807) is 0 Å². The predicted octanol–water partition coefficient (Wildman–Crippen LogP) is 25.9. The van der Waals surface area contributed by atoms with Gasteiger partial charge in [-0.2, -0.15) is 0 Å². The maximum Gasteiger partial charge on any atom is 0.126 e. The van der Waals surface area contributed by atoms with Gasteiger partial charge in [-0.15, -0.1) is 0 Å². The van der Waals surface area contributed by atoms with Gasteiger partial charge in [-0.05, 0) is 245 Å². The Kier molecular flexibility index (Phi) is 21.1. The number of rotatable bonds is 8. The number of ether oxygens (including phenoxy) is 2. The highest BCUT2D eigenvalue weighted by Crippen LogP contribution is 2.45. The van der Waals surface area contributed by atoms with Gasteiger partial charge in [0.25, 0.3) is 0 Å². The SMILES string of the molecule is CC(C)(C)c1cc2c(Cc3ccccc3)c(c1)Cc1cc(C(C)(C)C)cc3c1OCc1cc(Br)cc(c1)COc1c(cc(C(C)(C)C)cc1Cc1cc(C(C)(C)C)cc(c1Cc1ccccc1)Cc1cc(C(C)(C)C)cc(c1Cc1ccccc1)C3)Cc1cc(C(C)(C)C)cc(c1Cc1ccccc1)C2. The van der Waals surface area contributed by atoms with Crippen LogP contribution in [0.1, 0.15) is 280 Å². The predicted molar refractivity (Wildman–Crippen MR) is 447 cm³/mol. The van der Waals surface area contributed by atoms with Crippen LogP contribution < -0.4 is 9.47 Å². The van der Waals surface area contributed by atoms with Crippen molar-refractivity contribution in [1.29, 1.82) is 0 Å². The van der Waals surface area contributed by atoms with E-state index < -0.39 is 0 Å². The standard InChI is InChI=1S/C102H113BrO2/c1-97(2,3)84-52-72-46-73-53-85(98(4,5)6)57-77(92(73)43-67-33-25-20-26-34-67)49-82-62-89(102(16,17)18)63-83-51-79-59-87(100(10,11)12)55-75(94(79)45-69-37-29-22-30-38-69)47-74-54-86(99(7,8)9)58-78(93(74)44-68-35-27-21-28-36-68)50-81-61-88(101(13,14)15)60-80(48-76(56-84)91(72)42-66-31-23-19-24-32-66)95(81)104-64-70-39-71(41-90(103)40-70)65-105-96(82)83/h19-41,52-63H,42-51,64-65H2,1-18H3. The number of hydrogen-bond acceptors (Lipinski definition) is 2. The van der Waals surface area contributed by atoms with Crippen LogP contribution in [0.4, 0.5) is 0 Å². The molecule has 2 heterocycles. The molecular weight excluding hydrogens is 1340 g/mol. The molecule has 0 N–H and O–H groups in total. The highest BCUT2D eigenvalue weighted by atomic mass is 79.9. The van der Waals surface area contributed by atoms with Crippen LogP contribution in [0.25, 0.3) is 0 Å². The number of hydrogen-bond donors (Lipinski definition) is 0. The maximum atomic E-state index is 7.87. The van der Waals surface area contributed by atoms with Crippen LogP contribution in [-0.4, -0.2) is 0 Å². The summed E-state index contributed by atoms with van der Waals surface area (Å²) in [7, 11) is 0. The maximum absolute atomic E-state index is 7.87. The quantitative estimate of drug-likeness (QED) is 0.151. The topological polar surface area (TPSA) is 18.5 Å². The lowest BCUT2D eigenvalue weighted by Gasteiger charge is -2.30. The van der Waals surface area contributed by atoms with Gasteiger partial charge < -0.3 is 9.47 Å². The average molecular weight is 1450 g/mol. The van der Waals surface area contributed by atoms with E-state index in [9.17, 15) is 0 Å². The Bertz CT molecular complexity index is 4390. The van der Waals surface area contributed by atoms with Crippen molar-refractivity contribution in [2.75, 3.05) is 0 Å². The summed E-state index contributed by atoms with van der Waals surface area (Å²) < 4.78 is 16.7. The van der Waals surface area contributed by atoms with Crippen LogP contribution in [0, 0.1) is 0 Å². The highest BCUT2D eigenvalue weighted by Gasteiger charge is 2.32. The first-order valence-corrected chi connectivity index (χ1v) is 39.5. The second kappa shape index (κ2) is 29.7. The average Bonchev–Trinajstić information content (AvgIpc) is 0.751. The summed E-state index contributed by atoms with van der Waals surface area (Å²) in [5.41, 5.74) is 35.7. The van der Waals surface area contributed by atoms with E-state index >= 15 is 0 Å². The molecule has 0 atom stereocenters. The normalized spacial score (nSPS) is 13.9. The van der Waals surface area contributed by atoms with Crippen LogP contribution in [0.5, 0.6) is 11.5 Å². The summed E-state index contributed by atoms with van der Waals surface area (Å²) in [6, 6.07) is 82.9. The van der Waals surface area contributed by atoms with Crippen molar-refractivity contribution in [3.8, 4) is 11.5 Å². The summed E-state index contributed by atoms with van der Waals surface area (Å²) >= 11 is 4.11. The molecule has 0 fully saturated rings. The molecule has 0 aromatic heterocycles. The van der Waals surface area contributed by atoms with Crippen molar-refractivity contribution in [3.05, 3.63) is 373 Å². The van der Waals surface area contributed by atoms with E-state index in [1.807, 2.05) is 0 Å². The molecule has 0 amide bonds. The van der Waals surface area contributed by atoms with Gasteiger partial charge in [-0.1, -0.05) is 335 Å². The molecule has 0 saturated heterocycles. The lowest BCUT2D eigenvalue weighted by atomic mass is 9.76. The fourth-order valence-corrected chi connectivity index (χ4v) is 16.6. The molecule has 540 valence electrons. The Hall–Kier alpha value is -8.50. The highest BCUT2D eigenvalue weighted by molar-refractivity contribution is 9.10. The molecule has 0 radical (unpaired) electrons. The van der Waals surface area contributed by atoms with Crippen LogP contribution >= 0.6 is 15.9 Å². The van der Waals surface area contributed by atoms with Crippen LogP contribution in [-0.2, 0) is 110 Å². The van der Waals surface area contributed by atoms with Crippen molar-refractivity contribution in [3.63, 3.8) is 0 Å².